The molecule has 1 aliphatic heterocycles. The van der Waals surface area contributed by atoms with Crippen molar-refractivity contribution in [2.75, 3.05) is 19.2 Å². The number of carbonyl (C=O) groups is 1. The zero-order valence-electron chi connectivity index (χ0n) is 12.2. The van der Waals surface area contributed by atoms with Gasteiger partial charge in [0.1, 0.15) is 23.3 Å². The molecular formula is C15H17F2NO2S. The predicted octanol–water partition coefficient (Wildman–Crippen LogP) is 3.50. The highest BCUT2D eigenvalue weighted by Gasteiger charge is 2.28. The number of halogens is 2. The van der Waals surface area contributed by atoms with E-state index in [2.05, 4.69) is 0 Å². The molecule has 1 aromatic rings. The first-order valence-electron chi connectivity index (χ1n) is 6.54. The van der Waals surface area contributed by atoms with Gasteiger partial charge in [0.05, 0.1) is 11.3 Å². The van der Waals surface area contributed by atoms with Crippen LogP contribution < -0.4 is 4.74 Å². The molecule has 6 heteroatoms. The first kappa shape index (κ1) is 15.8. The fourth-order valence-electron chi connectivity index (χ4n) is 2.25. The average Bonchev–Trinajstić information content (AvgIpc) is 2.44. The Balaban J connectivity index is 2.38. The van der Waals surface area contributed by atoms with Crippen LogP contribution in [0.2, 0.25) is 0 Å². The summed E-state index contributed by atoms with van der Waals surface area (Å²) >= 11 is 1.41. The van der Waals surface area contributed by atoms with Crippen molar-refractivity contribution in [2.45, 2.75) is 13.3 Å². The fraction of sp³-hybridized carbons (Fsp3) is 0.400. The molecule has 2 rings (SSSR count). The van der Waals surface area contributed by atoms with Crippen LogP contribution in [-0.4, -0.2) is 30.0 Å². The third kappa shape index (κ3) is 3.20. The van der Waals surface area contributed by atoms with Gasteiger partial charge in [-0.2, -0.15) is 0 Å². The second-order valence-electron chi connectivity index (χ2n) is 4.94. The van der Waals surface area contributed by atoms with Crippen molar-refractivity contribution in [1.29, 1.82) is 0 Å². The third-order valence-electron chi connectivity index (χ3n) is 3.39. The van der Waals surface area contributed by atoms with E-state index in [0.29, 0.717) is 12.4 Å². The minimum absolute atomic E-state index is 0.141. The lowest BCUT2D eigenvalue weighted by Crippen LogP contribution is -2.34. The maximum absolute atomic E-state index is 14.2. The molecule has 0 bridgehead atoms. The van der Waals surface area contributed by atoms with Crippen LogP contribution in [0.5, 0.6) is 5.75 Å². The molecule has 1 atom stereocenters. The SMILES string of the molecule is CSCOc1cc(F)c(C2=CCC(C)C(=O)N2C)c(F)c1. The number of hydrogen-bond donors (Lipinski definition) is 0. The predicted molar refractivity (Wildman–Crippen MR) is 79.9 cm³/mol. The largest absolute Gasteiger partial charge is 0.483 e. The Hall–Kier alpha value is -1.56. The van der Waals surface area contributed by atoms with Crippen molar-refractivity contribution in [3.05, 3.63) is 35.4 Å². The topological polar surface area (TPSA) is 29.5 Å². The average molecular weight is 313 g/mol. The maximum Gasteiger partial charge on any atom is 0.229 e. The Morgan fingerprint density at radius 1 is 1.38 bits per heavy atom. The van der Waals surface area contributed by atoms with Crippen molar-refractivity contribution in [3.63, 3.8) is 0 Å². The lowest BCUT2D eigenvalue weighted by atomic mass is 9.97. The molecule has 1 aromatic carbocycles. The molecule has 1 amide bonds. The van der Waals surface area contributed by atoms with Gasteiger partial charge in [0.15, 0.2) is 0 Å². The van der Waals surface area contributed by atoms with Gasteiger partial charge in [-0.3, -0.25) is 4.79 Å². The van der Waals surface area contributed by atoms with E-state index in [1.165, 1.54) is 23.7 Å². The monoisotopic (exact) mass is 313 g/mol. The molecule has 0 N–H and O–H groups in total. The maximum atomic E-state index is 14.2. The number of nitrogens with zero attached hydrogens (tertiary/aromatic N) is 1. The summed E-state index contributed by atoms with van der Waals surface area (Å²) in [5.41, 5.74) is 0.0822. The molecule has 0 fully saturated rings. The number of benzene rings is 1. The molecule has 3 nitrogen and oxygen atoms in total. The fourth-order valence-corrected chi connectivity index (χ4v) is 2.50. The second-order valence-corrected chi connectivity index (χ2v) is 5.75. The minimum atomic E-state index is -0.730. The van der Waals surface area contributed by atoms with Crippen LogP contribution in [0.3, 0.4) is 0 Å². The van der Waals surface area contributed by atoms with E-state index in [4.69, 9.17) is 4.74 Å². The number of hydrogen-bond acceptors (Lipinski definition) is 3. The van der Waals surface area contributed by atoms with Crippen molar-refractivity contribution >= 4 is 23.4 Å². The Kier molecular flexibility index (Phi) is 4.88. The highest BCUT2D eigenvalue weighted by atomic mass is 32.2. The van der Waals surface area contributed by atoms with Crippen molar-refractivity contribution in [1.82, 2.24) is 4.90 Å². The van der Waals surface area contributed by atoms with E-state index in [-0.39, 0.29) is 28.8 Å². The second kappa shape index (κ2) is 6.47. The van der Waals surface area contributed by atoms with Crippen molar-refractivity contribution in [2.24, 2.45) is 5.92 Å². The summed E-state index contributed by atoms with van der Waals surface area (Å²) in [6.45, 7) is 1.79. The van der Waals surface area contributed by atoms with Gasteiger partial charge in [0, 0.05) is 25.1 Å². The molecule has 114 valence electrons. The van der Waals surface area contributed by atoms with Crippen LogP contribution in [0.4, 0.5) is 8.78 Å². The first-order valence-corrected chi connectivity index (χ1v) is 7.94. The van der Waals surface area contributed by atoms with Crippen LogP contribution in [0.1, 0.15) is 18.9 Å². The van der Waals surface area contributed by atoms with Gasteiger partial charge < -0.3 is 9.64 Å². The third-order valence-corrected chi connectivity index (χ3v) is 3.75. The zero-order chi connectivity index (χ0) is 15.6. The molecule has 0 saturated heterocycles. The van der Waals surface area contributed by atoms with Crippen LogP contribution >= 0.6 is 11.8 Å². The van der Waals surface area contributed by atoms with Crippen molar-refractivity contribution in [3.8, 4) is 5.75 Å². The smallest absolute Gasteiger partial charge is 0.229 e. The number of ether oxygens (including phenoxy) is 1. The van der Waals surface area contributed by atoms with E-state index in [9.17, 15) is 13.6 Å². The number of rotatable bonds is 4. The Morgan fingerprint density at radius 3 is 2.57 bits per heavy atom. The number of amides is 1. The molecule has 0 saturated carbocycles. The summed E-state index contributed by atoms with van der Waals surface area (Å²) in [6.07, 6.45) is 3.99. The van der Waals surface area contributed by atoms with E-state index >= 15 is 0 Å². The summed E-state index contributed by atoms with van der Waals surface area (Å²) in [5.74, 6) is -1.32. The highest BCUT2D eigenvalue weighted by Crippen LogP contribution is 2.32. The van der Waals surface area contributed by atoms with E-state index in [1.807, 2.05) is 6.26 Å². The standard InChI is InChI=1S/C15H17F2NO2S/c1-9-4-5-13(18(2)15(9)19)14-11(16)6-10(7-12(14)17)20-8-21-3/h5-7,9H,4,8H2,1-3H3. The molecule has 0 aliphatic carbocycles. The first-order chi connectivity index (χ1) is 9.95. The van der Waals surface area contributed by atoms with Gasteiger partial charge in [0.25, 0.3) is 0 Å². The zero-order valence-corrected chi connectivity index (χ0v) is 13.0. The van der Waals surface area contributed by atoms with Gasteiger partial charge in [0.2, 0.25) is 5.91 Å². The summed E-state index contributed by atoms with van der Waals surface area (Å²) in [5, 5.41) is 0. The number of carbonyl (C=O) groups excluding carboxylic acids is 1. The molecule has 1 aliphatic rings. The van der Waals surface area contributed by atoms with Gasteiger partial charge in [-0.1, -0.05) is 13.0 Å². The van der Waals surface area contributed by atoms with Gasteiger partial charge >= 0.3 is 0 Å². The van der Waals surface area contributed by atoms with Crippen molar-refractivity contribution < 1.29 is 18.3 Å². The van der Waals surface area contributed by atoms with Crippen LogP contribution in [0.15, 0.2) is 18.2 Å². The molecule has 1 heterocycles. The lowest BCUT2D eigenvalue weighted by molar-refractivity contribution is -0.131. The summed E-state index contributed by atoms with van der Waals surface area (Å²) in [6, 6.07) is 2.29. The molecule has 0 aromatic heterocycles. The Bertz CT molecular complexity index is 566. The lowest BCUT2D eigenvalue weighted by Gasteiger charge is -2.29. The van der Waals surface area contributed by atoms with Gasteiger partial charge in [-0.25, -0.2) is 8.78 Å². The van der Waals surface area contributed by atoms with Crippen LogP contribution in [0.25, 0.3) is 5.70 Å². The molecule has 1 unspecified atom stereocenters. The Morgan fingerprint density at radius 2 is 2.00 bits per heavy atom. The number of allylic oxidation sites excluding steroid dienone is 1. The van der Waals surface area contributed by atoms with E-state index < -0.39 is 11.6 Å². The molecule has 0 spiro atoms. The minimum Gasteiger partial charge on any atom is -0.483 e. The van der Waals surface area contributed by atoms with E-state index in [1.54, 1.807) is 13.0 Å². The van der Waals surface area contributed by atoms with Gasteiger partial charge in [-0.05, 0) is 12.7 Å². The van der Waals surface area contributed by atoms with Crippen LogP contribution in [0, 0.1) is 17.6 Å². The Labute approximate surface area is 127 Å². The quantitative estimate of drug-likeness (QED) is 0.797. The summed E-state index contributed by atoms with van der Waals surface area (Å²) in [7, 11) is 1.53. The molecule has 0 radical (unpaired) electrons. The highest BCUT2D eigenvalue weighted by molar-refractivity contribution is 7.98. The van der Waals surface area contributed by atoms with Gasteiger partial charge in [-0.15, -0.1) is 11.8 Å². The molecule has 21 heavy (non-hydrogen) atoms. The number of thioether (sulfide) groups is 1. The van der Waals surface area contributed by atoms with E-state index in [0.717, 1.165) is 12.1 Å². The molecular weight excluding hydrogens is 296 g/mol. The summed E-state index contributed by atoms with van der Waals surface area (Å²) in [4.78, 5) is 13.3. The summed E-state index contributed by atoms with van der Waals surface area (Å²) < 4.78 is 33.6. The van der Waals surface area contributed by atoms with Crippen LogP contribution in [-0.2, 0) is 4.79 Å². The normalized spacial score (nSPS) is 18.7.